The molecule has 0 aliphatic carbocycles. The average molecular weight is 257 g/mol. The van der Waals surface area contributed by atoms with Crippen LogP contribution in [-0.2, 0) is 0 Å². The number of aromatic nitrogens is 2. The molecule has 1 fully saturated rings. The summed E-state index contributed by atoms with van der Waals surface area (Å²) in [5, 5.41) is 8.85. The van der Waals surface area contributed by atoms with Crippen molar-refractivity contribution in [3.63, 3.8) is 0 Å². The minimum atomic E-state index is 0. The second kappa shape index (κ2) is 4.95. The number of hydrogen-bond acceptors (Lipinski definition) is 5. The van der Waals surface area contributed by atoms with Crippen LogP contribution in [0.25, 0.3) is 10.2 Å². The van der Waals surface area contributed by atoms with Crippen molar-refractivity contribution < 1.29 is 0 Å². The Balaban J connectivity index is 0.000000963. The topological polar surface area (TPSA) is 49.8 Å². The fourth-order valence-electron chi connectivity index (χ4n) is 1.86. The lowest BCUT2D eigenvalue weighted by Crippen LogP contribution is -2.22. The lowest BCUT2D eigenvalue weighted by molar-refractivity contribution is 0.789. The molecule has 0 spiro atoms. The van der Waals surface area contributed by atoms with E-state index in [1.54, 1.807) is 17.7 Å². The van der Waals surface area contributed by atoms with E-state index in [0.717, 1.165) is 35.5 Å². The highest BCUT2D eigenvalue weighted by Crippen LogP contribution is 2.25. The molecule has 0 radical (unpaired) electrons. The molecule has 86 valence electrons. The van der Waals surface area contributed by atoms with Gasteiger partial charge in [0.05, 0.1) is 10.2 Å². The second-order valence-corrected chi connectivity index (χ2v) is 4.61. The smallest absolute Gasteiger partial charge is 0.147 e. The zero-order valence-electron chi connectivity index (χ0n) is 8.64. The van der Waals surface area contributed by atoms with E-state index in [0.29, 0.717) is 6.04 Å². The molecule has 0 saturated carbocycles. The maximum Gasteiger partial charge on any atom is 0.147 e. The van der Waals surface area contributed by atoms with Crippen LogP contribution in [0, 0.1) is 0 Å². The Morgan fingerprint density at radius 3 is 3.19 bits per heavy atom. The van der Waals surface area contributed by atoms with E-state index in [1.807, 2.05) is 6.07 Å². The molecule has 16 heavy (non-hydrogen) atoms. The van der Waals surface area contributed by atoms with E-state index < -0.39 is 0 Å². The van der Waals surface area contributed by atoms with Gasteiger partial charge in [0.2, 0.25) is 0 Å². The molecule has 1 atom stereocenters. The number of halogens is 1. The van der Waals surface area contributed by atoms with Crippen LogP contribution in [0.5, 0.6) is 0 Å². The van der Waals surface area contributed by atoms with E-state index in [9.17, 15) is 0 Å². The highest BCUT2D eigenvalue weighted by Gasteiger charge is 2.15. The van der Waals surface area contributed by atoms with Gasteiger partial charge in [0.1, 0.15) is 12.1 Å². The predicted octanol–water partition coefficient (Wildman–Crippen LogP) is 1.89. The van der Waals surface area contributed by atoms with Gasteiger partial charge in [-0.1, -0.05) is 0 Å². The number of nitrogens with zero attached hydrogens (tertiary/aromatic N) is 2. The Labute approximate surface area is 104 Å². The summed E-state index contributed by atoms with van der Waals surface area (Å²) in [6.07, 6.45) is 2.79. The van der Waals surface area contributed by atoms with E-state index in [-0.39, 0.29) is 12.4 Å². The Morgan fingerprint density at radius 1 is 1.44 bits per heavy atom. The van der Waals surface area contributed by atoms with Gasteiger partial charge in [0.15, 0.2) is 0 Å². The van der Waals surface area contributed by atoms with E-state index >= 15 is 0 Å². The first-order valence-electron chi connectivity index (χ1n) is 5.09. The summed E-state index contributed by atoms with van der Waals surface area (Å²) >= 11 is 1.69. The van der Waals surface area contributed by atoms with Crippen molar-refractivity contribution in [2.75, 3.05) is 18.4 Å². The number of nitrogens with one attached hydrogen (secondary N) is 2. The first-order valence-corrected chi connectivity index (χ1v) is 5.97. The number of anilines is 1. The fraction of sp³-hybridized carbons (Fsp3) is 0.400. The molecule has 0 bridgehead atoms. The monoisotopic (exact) mass is 256 g/mol. The standard InChI is InChI=1S/C10H12N4S.ClH/c1-3-11-5-7(1)14-10-9-8(2-4-15-9)12-6-13-10;/h2,4,6-7,11H,1,3,5H2,(H,12,13,14);1H. The molecule has 0 aromatic carbocycles. The molecule has 6 heteroatoms. The van der Waals surface area contributed by atoms with Gasteiger partial charge >= 0.3 is 0 Å². The first-order chi connectivity index (χ1) is 7.43. The summed E-state index contributed by atoms with van der Waals surface area (Å²) in [5.74, 6) is 0.976. The van der Waals surface area contributed by atoms with Crippen molar-refractivity contribution in [3.8, 4) is 0 Å². The van der Waals surface area contributed by atoms with Gasteiger partial charge in [-0.2, -0.15) is 0 Å². The zero-order valence-corrected chi connectivity index (χ0v) is 10.3. The lowest BCUT2D eigenvalue weighted by Gasteiger charge is -2.11. The van der Waals surface area contributed by atoms with E-state index in [4.69, 9.17) is 0 Å². The molecule has 1 aliphatic heterocycles. The normalized spacial score (nSPS) is 19.6. The highest BCUT2D eigenvalue weighted by molar-refractivity contribution is 7.17. The summed E-state index contributed by atoms with van der Waals surface area (Å²) in [6.45, 7) is 2.12. The van der Waals surface area contributed by atoms with Crippen LogP contribution < -0.4 is 10.6 Å². The van der Waals surface area contributed by atoms with Crippen LogP contribution in [-0.4, -0.2) is 29.1 Å². The van der Waals surface area contributed by atoms with Crippen molar-refractivity contribution >= 4 is 39.8 Å². The number of hydrogen-bond donors (Lipinski definition) is 2. The maximum absolute atomic E-state index is 4.30. The Kier molecular flexibility index (Phi) is 3.58. The Bertz CT molecular complexity index is 467. The maximum atomic E-state index is 4.30. The molecular formula is C10H13ClN4S. The van der Waals surface area contributed by atoms with Gasteiger partial charge in [0, 0.05) is 12.6 Å². The van der Waals surface area contributed by atoms with Gasteiger partial charge in [-0.3, -0.25) is 0 Å². The van der Waals surface area contributed by atoms with Crippen molar-refractivity contribution in [2.24, 2.45) is 0 Å². The summed E-state index contributed by atoms with van der Waals surface area (Å²) < 4.78 is 1.16. The van der Waals surface area contributed by atoms with Crippen LogP contribution in [0.15, 0.2) is 17.8 Å². The highest BCUT2D eigenvalue weighted by atomic mass is 35.5. The molecule has 1 saturated heterocycles. The summed E-state index contributed by atoms with van der Waals surface area (Å²) in [6, 6.07) is 2.53. The molecular weight excluding hydrogens is 244 g/mol. The molecule has 3 rings (SSSR count). The van der Waals surface area contributed by atoms with Gasteiger partial charge in [0.25, 0.3) is 0 Å². The third kappa shape index (κ3) is 2.11. The fourth-order valence-corrected chi connectivity index (χ4v) is 2.66. The summed E-state index contributed by atoms with van der Waals surface area (Å²) in [4.78, 5) is 8.52. The molecule has 2 aromatic heterocycles. The van der Waals surface area contributed by atoms with Crippen LogP contribution in [0.3, 0.4) is 0 Å². The predicted molar refractivity (Wildman–Crippen MR) is 69.6 cm³/mol. The Morgan fingerprint density at radius 2 is 2.38 bits per heavy atom. The summed E-state index contributed by atoms with van der Waals surface area (Å²) in [5.41, 5.74) is 1.03. The lowest BCUT2D eigenvalue weighted by atomic mass is 10.2. The summed E-state index contributed by atoms with van der Waals surface area (Å²) in [7, 11) is 0. The van der Waals surface area contributed by atoms with Gasteiger partial charge < -0.3 is 10.6 Å². The molecule has 1 aliphatic rings. The largest absolute Gasteiger partial charge is 0.365 e. The van der Waals surface area contributed by atoms with Crippen molar-refractivity contribution in [1.29, 1.82) is 0 Å². The van der Waals surface area contributed by atoms with Crippen molar-refractivity contribution in [1.82, 2.24) is 15.3 Å². The molecule has 0 amide bonds. The quantitative estimate of drug-likeness (QED) is 0.862. The number of fused-ring (bicyclic) bond motifs is 1. The SMILES string of the molecule is Cl.c1nc(NC2CCNC2)c2sccc2n1. The van der Waals surface area contributed by atoms with Gasteiger partial charge in [-0.05, 0) is 24.4 Å². The zero-order chi connectivity index (χ0) is 10.1. The molecule has 2 aromatic rings. The molecule has 1 unspecified atom stereocenters. The van der Waals surface area contributed by atoms with Crippen LogP contribution in [0.4, 0.5) is 5.82 Å². The van der Waals surface area contributed by atoms with Crippen molar-refractivity contribution in [2.45, 2.75) is 12.5 Å². The van der Waals surface area contributed by atoms with Gasteiger partial charge in [-0.25, -0.2) is 9.97 Å². The van der Waals surface area contributed by atoms with E-state index in [2.05, 4.69) is 26.0 Å². The first kappa shape index (κ1) is 11.6. The van der Waals surface area contributed by atoms with Gasteiger partial charge in [-0.15, -0.1) is 23.7 Å². The number of thiophene rings is 1. The Hall–Kier alpha value is -0.910. The van der Waals surface area contributed by atoms with Crippen LogP contribution >= 0.6 is 23.7 Å². The molecule has 3 heterocycles. The second-order valence-electron chi connectivity index (χ2n) is 3.69. The third-order valence-electron chi connectivity index (χ3n) is 2.64. The van der Waals surface area contributed by atoms with Crippen molar-refractivity contribution in [3.05, 3.63) is 17.8 Å². The van der Waals surface area contributed by atoms with Crippen LogP contribution in [0.2, 0.25) is 0 Å². The minimum absolute atomic E-state index is 0. The van der Waals surface area contributed by atoms with E-state index in [1.165, 1.54) is 0 Å². The third-order valence-corrected chi connectivity index (χ3v) is 3.55. The molecule has 2 N–H and O–H groups in total. The minimum Gasteiger partial charge on any atom is -0.365 e. The van der Waals surface area contributed by atoms with Crippen LogP contribution in [0.1, 0.15) is 6.42 Å². The molecule has 4 nitrogen and oxygen atoms in total. The average Bonchev–Trinajstić information content (AvgIpc) is 2.87. The number of rotatable bonds is 2.